The van der Waals surface area contributed by atoms with Gasteiger partial charge < -0.3 is 0 Å². The van der Waals surface area contributed by atoms with Crippen LogP contribution in [-0.2, 0) is 16.4 Å². The molecule has 118 valence electrons. The molecule has 1 saturated heterocycles. The number of nitrogens with zero attached hydrogens (tertiary/aromatic N) is 2. The zero-order valence-electron chi connectivity index (χ0n) is 12.6. The minimum Gasteiger partial charge on any atom is -0.288 e. The second kappa shape index (κ2) is 4.83. The Morgan fingerprint density at radius 2 is 1.74 bits per heavy atom. The van der Waals surface area contributed by atoms with Crippen molar-refractivity contribution < 1.29 is 13.2 Å². The van der Waals surface area contributed by atoms with E-state index in [1.54, 1.807) is 29.2 Å². The zero-order valence-corrected chi connectivity index (χ0v) is 13.5. The monoisotopic (exact) mass is 328 g/mol. The van der Waals surface area contributed by atoms with Gasteiger partial charge in [0.2, 0.25) is 0 Å². The third kappa shape index (κ3) is 2.05. The number of para-hydroxylation sites is 1. The van der Waals surface area contributed by atoms with Crippen molar-refractivity contribution in [3.63, 3.8) is 0 Å². The van der Waals surface area contributed by atoms with Crippen molar-refractivity contribution in [1.82, 2.24) is 4.31 Å². The van der Waals surface area contributed by atoms with Crippen molar-refractivity contribution >= 4 is 21.7 Å². The van der Waals surface area contributed by atoms with Gasteiger partial charge in [0.25, 0.3) is 10.0 Å². The Balaban J connectivity index is 1.71. The summed E-state index contributed by atoms with van der Waals surface area (Å²) in [6.07, 6.45) is 0.696. The second-order valence-corrected chi connectivity index (χ2v) is 7.85. The summed E-state index contributed by atoms with van der Waals surface area (Å²) in [6.45, 7) is 2.09. The quantitative estimate of drug-likeness (QED) is 0.851. The van der Waals surface area contributed by atoms with E-state index in [2.05, 4.69) is 0 Å². The van der Waals surface area contributed by atoms with Gasteiger partial charge in [-0.25, -0.2) is 17.5 Å². The average Bonchev–Trinajstić information content (AvgIpc) is 3.05. The Morgan fingerprint density at radius 1 is 1.04 bits per heavy atom. The lowest BCUT2D eigenvalue weighted by molar-refractivity contribution is 0.239. The summed E-state index contributed by atoms with van der Waals surface area (Å²) in [6, 6.07) is 13.7. The molecule has 0 aliphatic carbocycles. The number of hydrogen-bond donors (Lipinski definition) is 0. The molecule has 0 saturated carbocycles. The van der Waals surface area contributed by atoms with Gasteiger partial charge in [-0.3, -0.25) is 4.90 Å². The first kappa shape index (κ1) is 14.3. The maximum atomic E-state index is 12.8. The van der Waals surface area contributed by atoms with Crippen LogP contribution in [0.4, 0.5) is 10.5 Å². The molecule has 4 rings (SSSR count). The number of aryl methyl sites for hydroxylation is 1. The van der Waals surface area contributed by atoms with Gasteiger partial charge in [-0.15, -0.1) is 0 Å². The average molecular weight is 328 g/mol. The number of carbonyl (C=O) groups excluding carboxylic acids is 1. The van der Waals surface area contributed by atoms with Gasteiger partial charge in [0.05, 0.1) is 17.5 Å². The van der Waals surface area contributed by atoms with E-state index in [1.807, 2.05) is 31.2 Å². The predicted octanol–water partition coefficient (Wildman–Crippen LogP) is 2.55. The molecule has 2 aliphatic rings. The molecule has 2 amide bonds. The molecule has 0 N–H and O–H groups in total. The van der Waals surface area contributed by atoms with E-state index < -0.39 is 16.1 Å². The van der Waals surface area contributed by atoms with Crippen molar-refractivity contribution in [3.8, 4) is 0 Å². The molecule has 1 atom stereocenters. The Bertz CT molecular complexity index is 890. The summed E-state index contributed by atoms with van der Waals surface area (Å²) in [4.78, 5) is 14.5. The van der Waals surface area contributed by atoms with Crippen LogP contribution < -0.4 is 4.90 Å². The zero-order chi connectivity index (χ0) is 16.2. The summed E-state index contributed by atoms with van der Waals surface area (Å²) in [7, 11) is -3.81. The van der Waals surface area contributed by atoms with E-state index >= 15 is 0 Å². The number of anilines is 1. The molecule has 0 bridgehead atoms. The number of benzene rings is 2. The predicted molar refractivity (Wildman–Crippen MR) is 86.9 cm³/mol. The van der Waals surface area contributed by atoms with Crippen LogP contribution in [0.3, 0.4) is 0 Å². The third-order valence-corrected chi connectivity index (χ3v) is 6.23. The molecule has 0 spiro atoms. The minimum atomic E-state index is -3.81. The minimum absolute atomic E-state index is 0.111. The number of amides is 2. The molecule has 23 heavy (non-hydrogen) atoms. The third-order valence-electron chi connectivity index (χ3n) is 4.48. The maximum absolute atomic E-state index is 12.8. The van der Waals surface area contributed by atoms with E-state index in [-0.39, 0.29) is 17.5 Å². The van der Waals surface area contributed by atoms with Crippen molar-refractivity contribution in [2.24, 2.45) is 0 Å². The first-order valence-electron chi connectivity index (χ1n) is 7.49. The van der Waals surface area contributed by atoms with E-state index in [4.69, 9.17) is 0 Å². The van der Waals surface area contributed by atoms with E-state index in [0.29, 0.717) is 6.42 Å². The fraction of sp³-hybridized carbons (Fsp3) is 0.235. The van der Waals surface area contributed by atoms with Gasteiger partial charge in [-0.1, -0.05) is 35.9 Å². The number of fused-ring (bicyclic) bond motifs is 3. The number of rotatable bonds is 2. The molecule has 5 nitrogen and oxygen atoms in total. The fourth-order valence-corrected chi connectivity index (χ4v) is 4.69. The molecule has 0 radical (unpaired) electrons. The van der Waals surface area contributed by atoms with Crippen LogP contribution in [0.25, 0.3) is 0 Å². The second-order valence-electron chi connectivity index (χ2n) is 5.99. The highest BCUT2D eigenvalue weighted by molar-refractivity contribution is 7.89. The van der Waals surface area contributed by atoms with E-state index in [1.165, 1.54) is 0 Å². The van der Waals surface area contributed by atoms with Crippen molar-refractivity contribution in [3.05, 3.63) is 59.7 Å². The normalized spacial score (nSPS) is 19.9. The number of carbonyl (C=O) groups is 1. The Kier molecular flexibility index (Phi) is 2.99. The summed E-state index contributed by atoms with van der Waals surface area (Å²) >= 11 is 0. The van der Waals surface area contributed by atoms with E-state index in [0.717, 1.165) is 21.1 Å². The molecule has 2 aromatic carbocycles. The summed E-state index contributed by atoms with van der Waals surface area (Å²) < 4.78 is 26.6. The van der Waals surface area contributed by atoms with Crippen LogP contribution in [0.5, 0.6) is 0 Å². The largest absolute Gasteiger partial charge is 0.338 e. The summed E-state index contributed by atoms with van der Waals surface area (Å²) in [5, 5.41) is 0. The van der Waals surface area contributed by atoms with Crippen LogP contribution in [0.2, 0.25) is 0 Å². The Labute approximate surface area is 135 Å². The van der Waals surface area contributed by atoms with Crippen LogP contribution >= 0.6 is 0 Å². The Hall–Kier alpha value is -2.34. The lowest BCUT2D eigenvalue weighted by atomic mass is 10.1. The van der Waals surface area contributed by atoms with Gasteiger partial charge in [-0.2, -0.15) is 0 Å². The van der Waals surface area contributed by atoms with Gasteiger partial charge in [0, 0.05) is 5.69 Å². The van der Waals surface area contributed by atoms with E-state index in [9.17, 15) is 13.2 Å². The molecule has 1 fully saturated rings. The van der Waals surface area contributed by atoms with Crippen molar-refractivity contribution in [2.75, 3.05) is 11.4 Å². The first-order valence-corrected chi connectivity index (χ1v) is 8.93. The lowest BCUT2D eigenvalue weighted by Crippen LogP contribution is -2.36. The topological polar surface area (TPSA) is 57.7 Å². The summed E-state index contributed by atoms with van der Waals surface area (Å²) in [5.41, 5.74) is 2.90. The van der Waals surface area contributed by atoms with Gasteiger partial charge in [0.15, 0.2) is 0 Å². The lowest BCUT2D eigenvalue weighted by Gasteiger charge is -2.18. The van der Waals surface area contributed by atoms with Gasteiger partial charge >= 0.3 is 6.03 Å². The molecule has 2 aromatic rings. The molecule has 0 aromatic heterocycles. The highest BCUT2D eigenvalue weighted by Crippen LogP contribution is 2.38. The Morgan fingerprint density at radius 3 is 2.48 bits per heavy atom. The molecule has 2 aliphatic heterocycles. The molecular formula is C17H16N2O3S. The highest BCUT2D eigenvalue weighted by atomic mass is 32.2. The molecule has 1 unspecified atom stereocenters. The fourth-order valence-electron chi connectivity index (χ4n) is 3.29. The van der Waals surface area contributed by atoms with Crippen LogP contribution in [-0.4, -0.2) is 31.3 Å². The van der Waals surface area contributed by atoms with Gasteiger partial charge in [-0.05, 0) is 37.1 Å². The SMILES string of the molecule is Cc1ccc(S(=O)(=O)N2CC3Cc4ccccc4N3C2=O)cc1. The van der Waals surface area contributed by atoms with Crippen LogP contribution in [0.15, 0.2) is 53.4 Å². The van der Waals surface area contributed by atoms with Gasteiger partial charge in [0.1, 0.15) is 0 Å². The summed E-state index contributed by atoms with van der Waals surface area (Å²) in [5.74, 6) is 0. The smallest absolute Gasteiger partial charge is 0.288 e. The first-order chi connectivity index (χ1) is 11.0. The van der Waals surface area contributed by atoms with Crippen molar-refractivity contribution in [1.29, 1.82) is 0 Å². The maximum Gasteiger partial charge on any atom is 0.338 e. The van der Waals surface area contributed by atoms with Crippen molar-refractivity contribution in [2.45, 2.75) is 24.3 Å². The van der Waals surface area contributed by atoms with Crippen LogP contribution in [0.1, 0.15) is 11.1 Å². The van der Waals surface area contributed by atoms with Crippen LogP contribution in [0, 0.1) is 6.92 Å². The number of hydrogen-bond acceptors (Lipinski definition) is 3. The molecular weight excluding hydrogens is 312 g/mol. The highest BCUT2D eigenvalue weighted by Gasteiger charge is 2.48. The molecule has 6 heteroatoms. The number of urea groups is 1. The standard InChI is InChI=1S/C17H16N2O3S/c1-12-6-8-15(9-7-12)23(21,22)18-11-14-10-13-4-2-3-5-16(13)19(14)17(18)20/h2-9,14H,10-11H2,1H3. The molecule has 2 heterocycles. The number of sulfonamides is 1.